The summed E-state index contributed by atoms with van der Waals surface area (Å²) >= 11 is 0. The number of carbonyl (C=O) groups excluding carboxylic acids is 1. The van der Waals surface area contributed by atoms with Crippen molar-refractivity contribution in [1.82, 2.24) is 0 Å². The van der Waals surface area contributed by atoms with Crippen LogP contribution >= 0.6 is 0 Å². The third-order valence-corrected chi connectivity index (χ3v) is 3.10. The molecule has 1 fully saturated rings. The van der Waals surface area contributed by atoms with Crippen molar-refractivity contribution in [1.29, 1.82) is 0 Å². The lowest BCUT2D eigenvalue weighted by Crippen LogP contribution is -2.44. The maximum Gasteiger partial charge on any atom is 0.392 e. The van der Waals surface area contributed by atoms with E-state index in [0.29, 0.717) is 0 Å². The second-order valence-corrected chi connectivity index (χ2v) is 4.25. The van der Waals surface area contributed by atoms with E-state index in [-0.39, 0.29) is 6.42 Å². The first-order valence-corrected chi connectivity index (χ1v) is 5.18. The fourth-order valence-corrected chi connectivity index (χ4v) is 2.27. The van der Waals surface area contributed by atoms with Gasteiger partial charge >= 0.3 is 18.1 Å². The van der Waals surface area contributed by atoms with Crippen LogP contribution in [-0.4, -0.2) is 34.1 Å². The number of rotatable bonds is 3. The van der Waals surface area contributed by atoms with Crippen LogP contribution in [-0.2, 0) is 14.4 Å². The molecule has 0 saturated heterocycles. The Balaban J connectivity index is 3.08. The Morgan fingerprint density at radius 1 is 1.22 bits per heavy atom. The minimum absolute atomic E-state index is 0.299. The van der Waals surface area contributed by atoms with Gasteiger partial charge in [-0.05, 0) is 6.42 Å². The van der Waals surface area contributed by atoms with Gasteiger partial charge in [0.25, 0.3) is 0 Å². The Morgan fingerprint density at radius 3 is 2.11 bits per heavy atom. The first kappa shape index (κ1) is 14.5. The molecule has 0 aromatic rings. The maximum atomic E-state index is 12.7. The summed E-state index contributed by atoms with van der Waals surface area (Å²) in [5.74, 6) is -10.2. The molecular weight excluding hydrogens is 257 g/mol. The molecule has 18 heavy (non-hydrogen) atoms. The number of Topliss-reactive ketones (excluding diaryl/α,β-unsaturated/α-hetero) is 1. The Morgan fingerprint density at radius 2 is 1.72 bits per heavy atom. The molecule has 0 aromatic heterocycles. The molecule has 0 bridgehead atoms. The van der Waals surface area contributed by atoms with Crippen LogP contribution in [0.3, 0.4) is 0 Å². The van der Waals surface area contributed by atoms with Gasteiger partial charge in [0.1, 0.15) is 5.78 Å². The van der Waals surface area contributed by atoms with Crippen LogP contribution in [0.5, 0.6) is 0 Å². The van der Waals surface area contributed by atoms with E-state index in [9.17, 15) is 27.6 Å². The van der Waals surface area contributed by atoms with Gasteiger partial charge in [-0.25, -0.2) is 0 Å². The molecule has 0 spiro atoms. The highest BCUT2D eigenvalue weighted by Crippen LogP contribution is 2.43. The van der Waals surface area contributed by atoms with E-state index in [0.717, 1.165) is 0 Å². The number of carbonyl (C=O) groups is 3. The molecule has 1 aliphatic carbocycles. The second-order valence-electron chi connectivity index (χ2n) is 4.25. The smallest absolute Gasteiger partial charge is 0.392 e. The van der Waals surface area contributed by atoms with Gasteiger partial charge in [0.15, 0.2) is 5.92 Å². The zero-order chi connectivity index (χ0) is 14.1. The summed E-state index contributed by atoms with van der Waals surface area (Å²) in [5.41, 5.74) is 0. The van der Waals surface area contributed by atoms with E-state index in [1.54, 1.807) is 0 Å². The SMILES string of the molecule is O=C1CCC(C(F)(F)F)C(C(C(=O)O)C(=O)O)C1. The number of halogens is 3. The molecule has 1 aliphatic rings. The molecule has 102 valence electrons. The van der Waals surface area contributed by atoms with Crippen LogP contribution in [0.15, 0.2) is 0 Å². The van der Waals surface area contributed by atoms with E-state index in [2.05, 4.69) is 0 Å². The van der Waals surface area contributed by atoms with Gasteiger partial charge < -0.3 is 10.2 Å². The molecule has 1 rings (SSSR count). The minimum atomic E-state index is -4.70. The third-order valence-electron chi connectivity index (χ3n) is 3.10. The number of alkyl halides is 3. The van der Waals surface area contributed by atoms with Crippen LogP contribution in [0.1, 0.15) is 19.3 Å². The van der Waals surface area contributed by atoms with Gasteiger partial charge in [-0.2, -0.15) is 13.2 Å². The largest absolute Gasteiger partial charge is 0.481 e. The lowest BCUT2D eigenvalue weighted by atomic mass is 9.71. The maximum absolute atomic E-state index is 12.7. The van der Waals surface area contributed by atoms with Crippen LogP contribution in [0.25, 0.3) is 0 Å². The van der Waals surface area contributed by atoms with Crippen molar-refractivity contribution in [3.8, 4) is 0 Å². The number of hydrogen-bond donors (Lipinski definition) is 2. The van der Waals surface area contributed by atoms with E-state index in [1.165, 1.54) is 0 Å². The first-order valence-electron chi connectivity index (χ1n) is 5.18. The summed E-state index contributed by atoms with van der Waals surface area (Å²) in [5, 5.41) is 17.4. The van der Waals surface area contributed by atoms with Crippen molar-refractivity contribution >= 4 is 17.7 Å². The highest BCUT2D eigenvalue weighted by atomic mass is 19.4. The van der Waals surface area contributed by atoms with Crippen molar-refractivity contribution in [3.63, 3.8) is 0 Å². The predicted molar refractivity (Wildman–Crippen MR) is 50.7 cm³/mol. The van der Waals surface area contributed by atoms with Crippen LogP contribution in [0, 0.1) is 17.8 Å². The average Bonchev–Trinajstić information content (AvgIpc) is 2.13. The lowest BCUT2D eigenvalue weighted by molar-refractivity contribution is -0.204. The lowest BCUT2D eigenvalue weighted by Gasteiger charge is -2.34. The van der Waals surface area contributed by atoms with Crippen LogP contribution < -0.4 is 0 Å². The fraction of sp³-hybridized carbons (Fsp3) is 0.700. The Hall–Kier alpha value is -1.60. The van der Waals surface area contributed by atoms with Crippen molar-refractivity contribution < 1.29 is 37.8 Å². The van der Waals surface area contributed by atoms with Crippen LogP contribution in [0.4, 0.5) is 13.2 Å². The van der Waals surface area contributed by atoms with Crippen molar-refractivity contribution in [3.05, 3.63) is 0 Å². The molecule has 1 saturated carbocycles. The van der Waals surface area contributed by atoms with Crippen molar-refractivity contribution in [2.24, 2.45) is 17.8 Å². The second kappa shape index (κ2) is 4.95. The Labute approximate surface area is 99.6 Å². The Bertz CT molecular complexity index is 362. The first-order chi connectivity index (χ1) is 8.14. The monoisotopic (exact) mass is 268 g/mol. The number of aliphatic carboxylic acids is 2. The quantitative estimate of drug-likeness (QED) is 0.753. The zero-order valence-electron chi connectivity index (χ0n) is 9.11. The standard InChI is InChI=1S/C10H11F3O5/c11-10(12,13)6-2-1-4(14)3-5(6)7(8(15)16)9(17)18/h5-7H,1-3H2,(H,15,16)(H,17,18). The van der Waals surface area contributed by atoms with Crippen molar-refractivity contribution in [2.75, 3.05) is 0 Å². The van der Waals surface area contributed by atoms with Gasteiger partial charge in [-0.3, -0.25) is 14.4 Å². The molecule has 8 heteroatoms. The minimum Gasteiger partial charge on any atom is -0.481 e. The zero-order valence-corrected chi connectivity index (χ0v) is 9.11. The van der Waals surface area contributed by atoms with Gasteiger partial charge in [-0.15, -0.1) is 0 Å². The number of carboxylic acid groups (broad SMARTS) is 2. The number of carboxylic acids is 2. The molecule has 2 unspecified atom stereocenters. The molecule has 0 aliphatic heterocycles. The molecule has 0 heterocycles. The predicted octanol–water partition coefficient (Wildman–Crippen LogP) is 1.32. The molecule has 0 radical (unpaired) electrons. The Kier molecular flexibility index (Phi) is 3.98. The van der Waals surface area contributed by atoms with Crippen molar-refractivity contribution in [2.45, 2.75) is 25.4 Å². The van der Waals surface area contributed by atoms with Gasteiger partial charge in [0.2, 0.25) is 0 Å². The summed E-state index contributed by atoms with van der Waals surface area (Å²) in [6.07, 6.45) is -6.21. The summed E-state index contributed by atoms with van der Waals surface area (Å²) in [7, 11) is 0. The molecule has 2 N–H and O–H groups in total. The summed E-state index contributed by atoms with van der Waals surface area (Å²) in [4.78, 5) is 32.7. The van der Waals surface area contributed by atoms with E-state index in [4.69, 9.17) is 10.2 Å². The topological polar surface area (TPSA) is 91.7 Å². The number of hydrogen-bond acceptors (Lipinski definition) is 3. The van der Waals surface area contributed by atoms with E-state index in [1.807, 2.05) is 0 Å². The highest BCUT2D eigenvalue weighted by molar-refractivity contribution is 5.94. The summed E-state index contributed by atoms with van der Waals surface area (Å²) in [6.45, 7) is 0. The van der Waals surface area contributed by atoms with Crippen LogP contribution in [0.2, 0.25) is 0 Å². The summed E-state index contributed by atoms with van der Waals surface area (Å²) < 4.78 is 38.1. The number of ketones is 1. The van der Waals surface area contributed by atoms with Gasteiger partial charge in [0.05, 0.1) is 5.92 Å². The fourth-order valence-electron chi connectivity index (χ4n) is 2.27. The molecule has 2 atom stereocenters. The summed E-state index contributed by atoms with van der Waals surface area (Å²) in [6, 6.07) is 0. The third kappa shape index (κ3) is 2.99. The molecule has 0 aromatic carbocycles. The molecule has 0 amide bonds. The molecular formula is C10H11F3O5. The molecule has 5 nitrogen and oxygen atoms in total. The van der Waals surface area contributed by atoms with E-state index >= 15 is 0 Å². The normalized spacial score (nSPS) is 25.2. The van der Waals surface area contributed by atoms with E-state index < -0.39 is 54.5 Å². The average molecular weight is 268 g/mol. The van der Waals surface area contributed by atoms with Gasteiger partial charge in [-0.1, -0.05) is 0 Å². The van der Waals surface area contributed by atoms with Gasteiger partial charge in [0, 0.05) is 18.8 Å². The highest BCUT2D eigenvalue weighted by Gasteiger charge is 2.53.